The number of sulfonamides is 1. The number of nitrogens with zero attached hydrogens (tertiary/aromatic N) is 3. The summed E-state index contributed by atoms with van der Waals surface area (Å²) in [6.07, 6.45) is 3.63. The van der Waals surface area contributed by atoms with Gasteiger partial charge in [-0.3, -0.25) is 0 Å². The van der Waals surface area contributed by atoms with Crippen molar-refractivity contribution in [2.24, 2.45) is 0 Å². The summed E-state index contributed by atoms with van der Waals surface area (Å²) in [5.41, 5.74) is 3.72. The summed E-state index contributed by atoms with van der Waals surface area (Å²) < 4.78 is 29.4. The summed E-state index contributed by atoms with van der Waals surface area (Å²) in [4.78, 5) is 4.66. The highest BCUT2D eigenvalue weighted by molar-refractivity contribution is 7.89. The van der Waals surface area contributed by atoms with Gasteiger partial charge in [-0.25, -0.2) is 13.4 Å². The Morgan fingerprint density at radius 2 is 1.92 bits per heavy atom. The van der Waals surface area contributed by atoms with E-state index < -0.39 is 10.0 Å². The van der Waals surface area contributed by atoms with Gasteiger partial charge in [-0.15, -0.1) is 0 Å². The number of benzene rings is 1. The number of hydrogen-bond acceptors (Lipinski definition) is 3. The summed E-state index contributed by atoms with van der Waals surface area (Å²) in [6, 6.07) is 11.0. The SMILES string of the molecule is CCN(Cc1cnc2ccccn12)S(=O)(=O)c1ccc(C)c(C)c1. The average Bonchev–Trinajstić information content (AvgIpc) is 2.98. The van der Waals surface area contributed by atoms with Gasteiger partial charge in [0, 0.05) is 12.7 Å². The summed E-state index contributed by atoms with van der Waals surface area (Å²) in [7, 11) is -3.54. The molecule has 0 aliphatic carbocycles. The molecule has 0 unspecified atom stereocenters. The smallest absolute Gasteiger partial charge is 0.243 e. The van der Waals surface area contributed by atoms with Gasteiger partial charge in [-0.1, -0.05) is 19.1 Å². The van der Waals surface area contributed by atoms with E-state index in [1.165, 1.54) is 4.31 Å². The highest BCUT2D eigenvalue weighted by Gasteiger charge is 2.24. The molecule has 6 heteroatoms. The molecule has 0 fully saturated rings. The third kappa shape index (κ3) is 2.95. The lowest BCUT2D eigenvalue weighted by molar-refractivity contribution is 0.418. The standard InChI is InChI=1S/C18H21N3O2S/c1-4-20(13-16-12-19-18-7-5-6-10-21(16)18)24(22,23)17-9-8-14(2)15(3)11-17/h5-12H,4,13H2,1-3H3. The molecular formula is C18H21N3O2S. The minimum absolute atomic E-state index is 0.289. The zero-order chi connectivity index (χ0) is 17.3. The van der Waals surface area contributed by atoms with E-state index in [9.17, 15) is 8.42 Å². The first-order valence-corrected chi connectivity index (χ1v) is 9.36. The second-order valence-electron chi connectivity index (χ2n) is 5.86. The average molecular weight is 343 g/mol. The maximum absolute atomic E-state index is 13.0. The largest absolute Gasteiger partial charge is 0.303 e. The zero-order valence-electron chi connectivity index (χ0n) is 14.1. The fraction of sp³-hybridized carbons (Fsp3) is 0.278. The van der Waals surface area contributed by atoms with Crippen LogP contribution in [0.3, 0.4) is 0 Å². The summed E-state index contributed by atoms with van der Waals surface area (Å²) in [5, 5.41) is 0. The molecular weight excluding hydrogens is 322 g/mol. The van der Waals surface area contributed by atoms with E-state index in [2.05, 4.69) is 4.98 Å². The second-order valence-corrected chi connectivity index (χ2v) is 7.79. The number of imidazole rings is 1. The van der Waals surface area contributed by atoms with Crippen LogP contribution < -0.4 is 0 Å². The topological polar surface area (TPSA) is 54.7 Å². The van der Waals surface area contributed by atoms with Gasteiger partial charge in [0.15, 0.2) is 0 Å². The number of hydrogen-bond donors (Lipinski definition) is 0. The van der Waals surface area contributed by atoms with Crippen LogP contribution in [-0.4, -0.2) is 28.7 Å². The highest BCUT2D eigenvalue weighted by Crippen LogP contribution is 2.21. The van der Waals surface area contributed by atoms with Crippen molar-refractivity contribution in [3.05, 3.63) is 65.6 Å². The number of rotatable bonds is 5. The first-order chi connectivity index (χ1) is 11.4. The van der Waals surface area contributed by atoms with E-state index >= 15 is 0 Å². The zero-order valence-corrected chi connectivity index (χ0v) is 14.9. The van der Waals surface area contributed by atoms with E-state index in [0.717, 1.165) is 22.5 Å². The van der Waals surface area contributed by atoms with Crippen LogP contribution in [0.2, 0.25) is 0 Å². The maximum atomic E-state index is 13.0. The Morgan fingerprint density at radius 1 is 1.12 bits per heavy atom. The molecule has 0 saturated carbocycles. The lowest BCUT2D eigenvalue weighted by Gasteiger charge is -2.20. The molecule has 0 bridgehead atoms. The molecule has 3 aromatic rings. The molecule has 0 N–H and O–H groups in total. The van der Waals surface area contributed by atoms with Crippen molar-refractivity contribution < 1.29 is 8.42 Å². The van der Waals surface area contributed by atoms with Crippen molar-refractivity contribution in [3.63, 3.8) is 0 Å². The van der Waals surface area contributed by atoms with E-state index in [0.29, 0.717) is 11.4 Å². The molecule has 2 heterocycles. The third-order valence-corrected chi connectivity index (χ3v) is 6.22. The Balaban J connectivity index is 1.96. The molecule has 0 aliphatic heterocycles. The van der Waals surface area contributed by atoms with Crippen molar-refractivity contribution in [2.75, 3.05) is 6.54 Å². The van der Waals surface area contributed by atoms with Gasteiger partial charge in [-0.2, -0.15) is 4.31 Å². The lowest BCUT2D eigenvalue weighted by Crippen LogP contribution is -2.31. The Bertz CT molecular complexity index is 977. The van der Waals surface area contributed by atoms with Gasteiger partial charge in [0.1, 0.15) is 5.65 Å². The summed E-state index contributed by atoms with van der Waals surface area (Å²) in [5.74, 6) is 0. The van der Waals surface area contributed by atoms with Crippen LogP contribution in [-0.2, 0) is 16.6 Å². The fourth-order valence-electron chi connectivity index (χ4n) is 2.67. The second kappa shape index (κ2) is 6.37. The number of fused-ring (bicyclic) bond motifs is 1. The van der Waals surface area contributed by atoms with Crippen LogP contribution >= 0.6 is 0 Å². The molecule has 5 nitrogen and oxygen atoms in total. The third-order valence-electron chi connectivity index (χ3n) is 4.30. The first-order valence-electron chi connectivity index (χ1n) is 7.92. The molecule has 0 radical (unpaired) electrons. The van der Waals surface area contributed by atoms with Crippen LogP contribution in [0, 0.1) is 13.8 Å². The molecule has 0 saturated heterocycles. The Morgan fingerprint density at radius 3 is 2.62 bits per heavy atom. The van der Waals surface area contributed by atoms with Crippen molar-refractivity contribution in [1.82, 2.24) is 13.7 Å². The van der Waals surface area contributed by atoms with Gasteiger partial charge < -0.3 is 4.40 Å². The molecule has 1 aromatic carbocycles. The highest BCUT2D eigenvalue weighted by atomic mass is 32.2. The maximum Gasteiger partial charge on any atom is 0.243 e. The van der Waals surface area contributed by atoms with Crippen molar-refractivity contribution in [2.45, 2.75) is 32.2 Å². The Labute approximate surface area is 142 Å². The van der Waals surface area contributed by atoms with Crippen LogP contribution in [0.5, 0.6) is 0 Å². The van der Waals surface area contributed by atoms with Crippen LogP contribution in [0.1, 0.15) is 23.7 Å². The predicted molar refractivity (Wildman–Crippen MR) is 94.4 cm³/mol. The minimum atomic E-state index is -3.54. The van der Waals surface area contributed by atoms with E-state index in [4.69, 9.17) is 0 Å². The quantitative estimate of drug-likeness (QED) is 0.715. The van der Waals surface area contributed by atoms with E-state index in [1.807, 2.05) is 55.6 Å². The number of pyridine rings is 1. The summed E-state index contributed by atoms with van der Waals surface area (Å²) >= 11 is 0. The van der Waals surface area contributed by atoms with Crippen LogP contribution in [0.25, 0.3) is 5.65 Å². The van der Waals surface area contributed by atoms with Crippen LogP contribution in [0.4, 0.5) is 0 Å². The predicted octanol–water partition coefficient (Wildman–Crippen LogP) is 3.16. The van der Waals surface area contributed by atoms with Gasteiger partial charge in [0.05, 0.1) is 23.3 Å². The van der Waals surface area contributed by atoms with Gasteiger partial charge >= 0.3 is 0 Å². The lowest BCUT2D eigenvalue weighted by atomic mass is 10.1. The molecule has 24 heavy (non-hydrogen) atoms. The minimum Gasteiger partial charge on any atom is -0.303 e. The molecule has 3 rings (SSSR count). The van der Waals surface area contributed by atoms with Crippen molar-refractivity contribution >= 4 is 15.7 Å². The molecule has 0 atom stereocenters. The normalized spacial score (nSPS) is 12.2. The summed E-state index contributed by atoms with van der Waals surface area (Å²) in [6.45, 7) is 6.44. The van der Waals surface area contributed by atoms with Crippen molar-refractivity contribution in [1.29, 1.82) is 0 Å². The van der Waals surface area contributed by atoms with E-state index in [1.54, 1.807) is 18.3 Å². The Hall–Kier alpha value is -2.18. The molecule has 2 aromatic heterocycles. The fourth-order valence-corrected chi connectivity index (χ4v) is 4.18. The van der Waals surface area contributed by atoms with E-state index in [-0.39, 0.29) is 6.54 Å². The Kier molecular flexibility index (Phi) is 4.43. The van der Waals surface area contributed by atoms with Crippen molar-refractivity contribution in [3.8, 4) is 0 Å². The van der Waals surface area contributed by atoms with Gasteiger partial charge in [-0.05, 0) is 49.2 Å². The number of aromatic nitrogens is 2. The van der Waals surface area contributed by atoms with Gasteiger partial charge in [0.2, 0.25) is 10.0 Å². The molecule has 0 aliphatic rings. The van der Waals surface area contributed by atoms with Crippen LogP contribution in [0.15, 0.2) is 53.7 Å². The molecule has 0 spiro atoms. The first kappa shape index (κ1) is 16.7. The molecule has 126 valence electrons. The van der Waals surface area contributed by atoms with Gasteiger partial charge in [0.25, 0.3) is 0 Å². The molecule has 0 amide bonds. The monoisotopic (exact) mass is 343 g/mol. The number of aryl methyl sites for hydroxylation is 2.